The third-order valence-electron chi connectivity index (χ3n) is 2.56. The van der Waals surface area contributed by atoms with Gasteiger partial charge in [0, 0.05) is 17.0 Å². The van der Waals surface area contributed by atoms with E-state index < -0.39 is 17.7 Å². The van der Waals surface area contributed by atoms with Gasteiger partial charge in [-0.2, -0.15) is 0 Å². The zero-order valence-corrected chi connectivity index (χ0v) is 9.51. The van der Waals surface area contributed by atoms with E-state index in [1.54, 1.807) is 0 Å². The van der Waals surface area contributed by atoms with E-state index in [1.807, 2.05) is 0 Å². The molecule has 6 heteroatoms. The maximum Gasteiger partial charge on any atom is 0.315 e. The van der Waals surface area contributed by atoms with E-state index in [0.717, 1.165) is 6.07 Å². The first kappa shape index (κ1) is 11.9. The molecule has 1 amide bonds. The molecule has 1 heterocycles. The molecular weight excluding hydrogens is 249 g/mol. The minimum Gasteiger partial charge on any atom is -0.423 e. The van der Waals surface area contributed by atoms with Crippen LogP contribution in [0.3, 0.4) is 0 Å². The minimum absolute atomic E-state index is 0.0269. The standard InChI is InChI=1S/C11H9ClFNO3/c12-7-4-8(13)11-6(3-10(16)17-11)5(7)1-2-9(14)15/h4H,1-3H2,(H2,14,15). The maximum absolute atomic E-state index is 13.5. The molecule has 4 nitrogen and oxygen atoms in total. The molecule has 0 spiro atoms. The molecule has 1 aliphatic rings. The predicted molar refractivity (Wildman–Crippen MR) is 58.3 cm³/mol. The molecule has 1 aromatic rings. The number of hydrogen-bond donors (Lipinski definition) is 1. The van der Waals surface area contributed by atoms with Gasteiger partial charge in [-0.05, 0) is 18.1 Å². The average molecular weight is 258 g/mol. The van der Waals surface area contributed by atoms with Gasteiger partial charge in [0.15, 0.2) is 11.6 Å². The Morgan fingerprint density at radius 3 is 2.94 bits per heavy atom. The van der Waals surface area contributed by atoms with Gasteiger partial charge in [-0.15, -0.1) is 0 Å². The van der Waals surface area contributed by atoms with Crippen LogP contribution in [0.1, 0.15) is 17.5 Å². The Hall–Kier alpha value is -1.62. The van der Waals surface area contributed by atoms with E-state index in [2.05, 4.69) is 0 Å². The van der Waals surface area contributed by atoms with E-state index in [1.165, 1.54) is 0 Å². The molecule has 0 bridgehead atoms. The largest absolute Gasteiger partial charge is 0.423 e. The molecule has 2 N–H and O–H groups in total. The zero-order chi connectivity index (χ0) is 12.6. The smallest absolute Gasteiger partial charge is 0.315 e. The Balaban J connectivity index is 2.42. The van der Waals surface area contributed by atoms with Crippen molar-refractivity contribution in [1.29, 1.82) is 0 Å². The molecular formula is C11H9ClFNO3. The summed E-state index contributed by atoms with van der Waals surface area (Å²) in [4.78, 5) is 21.9. The van der Waals surface area contributed by atoms with Gasteiger partial charge in [0.2, 0.25) is 5.91 Å². The SMILES string of the molecule is NC(=O)CCc1c(Cl)cc(F)c2c1CC(=O)O2. The van der Waals surface area contributed by atoms with Gasteiger partial charge in [-0.25, -0.2) is 4.39 Å². The van der Waals surface area contributed by atoms with Gasteiger partial charge in [0.1, 0.15) is 0 Å². The molecule has 90 valence electrons. The van der Waals surface area contributed by atoms with Gasteiger partial charge in [0.25, 0.3) is 0 Å². The highest BCUT2D eigenvalue weighted by atomic mass is 35.5. The second kappa shape index (κ2) is 4.33. The molecule has 0 aromatic heterocycles. The fourth-order valence-corrected chi connectivity index (χ4v) is 2.10. The number of fused-ring (bicyclic) bond motifs is 1. The van der Waals surface area contributed by atoms with Crippen molar-refractivity contribution in [3.63, 3.8) is 0 Å². The fourth-order valence-electron chi connectivity index (χ4n) is 1.80. The number of ether oxygens (including phenoxy) is 1. The van der Waals surface area contributed by atoms with Crippen molar-refractivity contribution in [2.24, 2.45) is 5.73 Å². The highest BCUT2D eigenvalue weighted by Crippen LogP contribution is 2.36. The van der Waals surface area contributed by atoms with Crippen LogP contribution >= 0.6 is 11.6 Å². The minimum atomic E-state index is -0.668. The summed E-state index contributed by atoms with van der Waals surface area (Å²) >= 11 is 5.89. The molecule has 0 saturated heterocycles. The summed E-state index contributed by atoms with van der Waals surface area (Å²) in [5.74, 6) is -1.76. The molecule has 0 radical (unpaired) electrons. The van der Waals surface area contributed by atoms with Gasteiger partial charge in [-0.3, -0.25) is 9.59 Å². The highest BCUT2D eigenvalue weighted by Gasteiger charge is 2.28. The number of carbonyl (C=O) groups is 2. The van der Waals surface area contributed by atoms with Crippen molar-refractivity contribution in [2.75, 3.05) is 0 Å². The third kappa shape index (κ3) is 2.24. The lowest BCUT2D eigenvalue weighted by Crippen LogP contribution is -2.12. The second-order valence-corrected chi connectivity index (χ2v) is 4.15. The van der Waals surface area contributed by atoms with Crippen LogP contribution in [-0.4, -0.2) is 11.9 Å². The van der Waals surface area contributed by atoms with Crippen LogP contribution in [0.2, 0.25) is 5.02 Å². The third-order valence-corrected chi connectivity index (χ3v) is 2.89. The molecule has 0 saturated carbocycles. The molecule has 0 fully saturated rings. The topological polar surface area (TPSA) is 69.4 Å². The Morgan fingerprint density at radius 2 is 2.29 bits per heavy atom. The summed E-state index contributed by atoms with van der Waals surface area (Å²) in [6.45, 7) is 0. The Labute approximate surface area is 101 Å². The van der Waals surface area contributed by atoms with Crippen LogP contribution in [0, 0.1) is 5.82 Å². The van der Waals surface area contributed by atoms with Crippen LogP contribution in [-0.2, 0) is 22.4 Å². The number of esters is 1. The van der Waals surface area contributed by atoms with Crippen LogP contribution in [0.4, 0.5) is 4.39 Å². The quantitative estimate of drug-likeness (QED) is 0.657. The highest BCUT2D eigenvalue weighted by molar-refractivity contribution is 6.31. The van der Waals surface area contributed by atoms with Crippen molar-refractivity contribution in [3.05, 3.63) is 28.0 Å². The Bertz CT molecular complexity index is 516. The summed E-state index contributed by atoms with van der Waals surface area (Å²) in [6.07, 6.45) is 0.334. The van der Waals surface area contributed by atoms with Gasteiger partial charge in [0.05, 0.1) is 6.42 Å². The number of hydrogen-bond acceptors (Lipinski definition) is 3. The number of primary amides is 1. The van der Waals surface area contributed by atoms with Crippen molar-refractivity contribution in [2.45, 2.75) is 19.3 Å². The number of rotatable bonds is 3. The van der Waals surface area contributed by atoms with Crippen molar-refractivity contribution >= 4 is 23.5 Å². The van der Waals surface area contributed by atoms with Gasteiger partial charge >= 0.3 is 5.97 Å². The lowest BCUT2D eigenvalue weighted by Gasteiger charge is -2.08. The van der Waals surface area contributed by atoms with Crippen LogP contribution < -0.4 is 10.5 Å². The first-order valence-corrected chi connectivity index (χ1v) is 5.35. The number of carbonyl (C=O) groups excluding carboxylic acids is 2. The number of halogens is 2. The van der Waals surface area contributed by atoms with E-state index in [0.29, 0.717) is 11.1 Å². The summed E-state index contributed by atoms with van der Waals surface area (Å²) < 4.78 is 18.2. The summed E-state index contributed by atoms with van der Waals surface area (Å²) in [5.41, 5.74) is 6.01. The lowest BCUT2D eigenvalue weighted by molar-refractivity contribution is -0.132. The summed E-state index contributed by atoms with van der Waals surface area (Å²) in [6, 6.07) is 1.08. The van der Waals surface area contributed by atoms with Crippen molar-refractivity contribution < 1.29 is 18.7 Å². The van der Waals surface area contributed by atoms with Crippen molar-refractivity contribution in [3.8, 4) is 5.75 Å². The van der Waals surface area contributed by atoms with E-state index >= 15 is 0 Å². The molecule has 0 aliphatic carbocycles. The molecule has 0 unspecified atom stereocenters. The summed E-state index contributed by atoms with van der Waals surface area (Å²) in [5, 5.41) is 0.181. The van der Waals surface area contributed by atoms with E-state index in [9.17, 15) is 14.0 Å². The lowest BCUT2D eigenvalue weighted by atomic mass is 10.00. The number of nitrogens with two attached hydrogens (primary N) is 1. The second-order valence-electron chi connectivity index (χ2n) is 3.74. The fraction of sp³-hybridized carbons (Fsp3) is 0.273. The number of benzene rings is 1. The molecule has 17 heavy (non-hydrogen) atoms. The maximum atomic E-state index is 13.5. The normalized spacial score (nSPS) is 13.4. The zero-order valence-electron chi connectivity index (χ0n) is 8.76. The van der Waals surface area contributed by atoms with Crippen LogP contribution in [0.15, 0.2) is 6.07 Å². The molecule has 1 aromatic carbocycles. The first-order valence-electron chi connectivity index (χ1n) is 4.97. The molecule has 0 atom stereocenters. The van der Waals surface area contributed by atoms with Crippen molar-refractivity contribution in [1.82, 2.24) is 0 Å². The van der Waals surface area contributed by atoms with Gasteiger partial charge < -0.3 is 10.5 Å². The Kier molecular flexibility index (Phi) is 3.02. The Morgan fingerprint density at radius 1 is 1.59 bits per heavy atom. The molecule has 2 rings (SSSR count). The molecule has 1 aliphatic heterocycles. The summed E-state index contributed by atoms with van der Waals surface area (Å²) in [7, 11) is 0. The van der Waals surface area contributed by atoms with Crippen LogP contribution in [0.25, 0.3) is 0 Å². The van der Waals surface area contributed by atoms with Crippen LogP contribution in [0.5, 0.6) is 5.75 Å². The van der Waals surface area contributed by atoms with Gasteiger partial charge in [-0.1, -0.05) is 11.6 Å². The predicted octanol–water partition coefficient (Wildman–Crippen LogP) is 1.36. The average Bonchev–Trinajstić information content (AvgIpc) is 2.59. The first-order chi connectivity index (χ1) is 7.99. The monoisotopic (exact) mass is 257 g/mol. The van der Waals surface area contributed by atoms with E-state index in [-0.39, 0.29) is 30.0 Å². The van der Waals surface area contributed by atoms with E-state index in [4.69, 9.17) is 22.1 Å². The number of amides is 1.